The molecule has 1 atom stereocenters. The molecule has 1 aromatic carbocycles. The van der Waals surface area contributed by atoms with Crippen LogP contribution in [-0.2, 0) is 0 Å². The number of hydrogen-bond acceptors (Lipinski definition) is 2. The molecule has 0 spiro atoms. The molecule has 0 amide bonds. The van der Waals surface area contributed by atoms with Crippen LogP contribution in [0.5, 0.6) is 0 Å². The van der Waals surface area contributed by atoms with Gasteiger partial charge in [-0.2, -0.15) is 0 Å². The van der Waals surface area contributed by atoms with Gasteiger partial charge in [-0.05, 0) is 36.9 Å². The molecule has 0 aliphatic heterocycles. The summed E-state index contributed by atoms with van der Waals surface area (Å²) in [5, 5.41) is 0. The van der Waals surface area contributed by atoms with E-state index in [0.717, 1.165) is 4.90 Å². The first kappa shape index (κ1) is 10.6. The van der Waals surface area contributed by atoms with Crippen LogP contribution >= 0.6 is 10.5 Å². The predicted octanol–water partition coefficient (Wildman–Crippen LogP) is 2.48. The Morgan fingerprint density at radius 3 is 2.15 bits per heavy atom. The van der Waals surface area contributed by atoms with Crippen LogP contribution in [-0.4, -0.2) is 28.7 Å². The Labute approximate surface area is 81.8 Å². The van der Waals surface area contributed by atoms with Gasteiger partial charge in [0.2, 0.25) is 0 Å². The van der Waals surface area contributed by atoms with Crippen molar-refractivity contribution in [1.29, 1.82) is 0 Å². The zero-order valence-electron chi connectivity index (χ0n) is 8.36. The molecule has 3 heteroatoms. The summed E-state index contributed by atoms with van der Waals surface area (Å²) in [6.45, 7) is 1.95. The van der Waals surface area contributed by atoms with Crippen molar-refractivity contribution >= 4 is 10.5 Å². The summed E-state index contributed by atoms with van der Waals surface area (Å²) in [4.78, 5) is 0.919. The van der Waals surface area contributed by atoms with E-state index in [1.54, 1.807) is 0 Å². The number of rotatable bonds is 3. The summed E-state index contributed by atoms with van der Waals surface area (Å²) in [5.41, 5.74) is 0. The summed E-state index contributed by atoms with van der Waals surface area (Å²) < 4.78 is 14.2. The monoisotopic (exact) mass is 198 g/mol. The van der Waals surface area contributed by atoms with Gasteiger partial charge in [0.25, 0.3) is 0 Å². The van der Waals surface area contributed by atoms with Crippen LogP contribution in [0.1, 0.15) is 6.92 Å². The second-order valence-electron chi connectivity index (χ2n) is 3.05. The maximum Gasteiger partial charge on any atom is -0.00512 e. The van der Waals surface area contributed by atoms with E-state index in [2.05, 4.69) is 0 Å². The van der Waals surface area contributed by atoms with Gasteiger partial charge in [0, 0.05) is 0 Å². The lowest BCUT2D eigenvalue weighted by Gasteiger charge is -2.52. The van der Waals surface area contributed by atoms with Crippen LogP contribution in [0.25, 0.3) is 0 Å². The van der Waals surface area contributed by atoms with Gasteiger partial charge in [0.15, 0.2) is 0 Å². The lowest BCUT2D eigenvalue weighted by Crippen LogP contribution is -2.21. The smallest absolute Gasteiger partial charge is 0.00512 e. The molecule has 0 aliphatic rings. The van der Waals surface area contributed by atoms with E-state index in [1.165, 1.54) is 0 Å². The average molecular weight is 198 g/mol. The standard InChI is InChI=1S/C10H17NOS/c1-4-13(12,11(2)3)10-8-6-5-7-9-10/h5-9,12H,4H2,1-3H3/p-1. The third-order valence-corrected chi connectivity index (χ3v) is 5.06. The number of benzene rings is 1. The van der Waals surface area contributed by atoms with Gasteiger partial charge < -0.3 is 4.55 Å². The van der Waals surface area contributed by atoms with Gasteiger partial charge in [0.05, 0.1) is 0 Å². The topological polar surface area (TPSA) is 26.3 Å². The number of nitrogens with zero attached hydrogens (tertiary/aromatic N) is 1. The zero-order chi connectivity index (χ0) is 9.90. The van der Waals surface area contributed by atoms with Gasteiger partial charge in [-0.15, -0.1) is 0 Å². The molecule has 1 rings (SSSR count). The largest absolute Gasteiger partial charge is 0.798 e. The maximum absolute atomic E-state index is 12.4. The minimum atomic E-state index is -1.99. The van der Waals surface area contributed by atoms with Crippen LogP contribution in [0, 0.1) is 0 Å². The van der Waals surface area contributed by atoms with Crippen molar-refractivity contribution in [3.8, 4) is 0 Å². The van der Waals surface area contributed by atoms with E-state index in [9.17, 15) is 4.55 Å². The molecule has 13 heavy (non-hydrogen) atoms. The molecule has 1 unspecified atom stereocenters. The van der Waals surface area contributed by atoms with Gasteiger partial charge >= 0.3 is 0 Å². The molecule has 0 aliphatic carbocycles. The first-order valence-corrected chi connectivity index (χ1v) is 6.04. The SMILES string of the molecule is CCS([O-])(c1ccccc1)N(C)C. The highest BCUT2D eigenvalue weighted by atomic mass is 32.3. The Bertz CT molecular complexity index is 263. The molecular weight excluding hydrogens is 182 g/mol. The van der Waals surface area contributed by atoms with E-state index in [-0.39, 0.29) is 0 Å². The van der Waals surface area contributed by atoms with Crippen LogP contribution in [0.3, 0.4) is 0 Å². The molecule has 0 bridgehead atoms. The van der Waals surface area contributed by atoms with E-state index in [0.29, 0.717) is 5.75 Å². The van der Waals surface area contributed by atoms with Gasteiger partial charge in [-0.1, -0.05) is 25.1 Å². The van der Waals surface area contributed by atoms with Crippen LogP contribution in [0.4, 0.5) is 0 Å². The van der Waals surface area contributed by atoms with Crippen molar-refractivity contribution in [3.63, 3.8) is 0 Å². The van der Waals surface area contributed by atoms with Crippen molar-refractivity contribution < 1.29 is 4.55 Å². The van der Waals surface area contributed by atoms with Crippen molar-refractivity contribution in [3.05, 3.63) is 30.3 Å². The second kappa shape index (κ2) is 4.13. The van der Waals surface area contributed by atoms with Crippen LogP contribution in [0.2, 0.25) is 0 Å². The van der Waals surface area contributed by atoms with Crippen LogP contribution in [0.15, 0.2) is 35.2 Å². The van der Waals surface area contributed by atoms with Crippen molar-refractivity contribution in [1.82, 2.24) is 4.31 Å². The van der Waals surface area contributed by atoms with Crippen molar-refractivity contribution in [2.24, 2.45) is 0 Å². The highest BCUT2D eigenvalue weighted by Crippen LogP contribution is 2.52. The molecule has 1 aromatic rings. The highest BCUT2D eigenvalue weighted by Gasteiger charge is 2.13. The van der Waals surface area contributed by atoms with E-state index in [4.69, 9.17) is 0 Å². The molecule has 0 N–H and O–H groups in total. The summed E-state index contributed by atoms with van der Waals surface area (Å²) >= 11 is 0. The lowest BCUT2D eigenvalue weighted by molar-refractivity contribution is 0.505. The predicted molar refractivity (Wildman–Crippen MR) is 57.3 cm³/mol. The Balaban J connectivity index is 3.03. The molecule has 0 saturated heterocycles. The molecule has 0 heterocycles. The summed E-state index contributed by atoms with van der Waals surface area (Å²) in [6.07, 6.45) is 0. The average Bonchev–Trinajstić information content (AvgIpc) is 2.17. The fourth-order valence-corrected chi connectivity index (χ4v) is 3.12. The van der Waals surface area contributed by atoms with Crippen molar-refractivity contribution in [2.75, 3.05) is 19.8 Å². The Morgan fingerprint density at radius 1 is 1.23 bits per heavy atom. The van der Waals surface area contributed by atoms with Crippen LogP contribution < -0.4 is 0 Å². The molecule has 74 valence electrons. The zero-order valence-corrected chi connectivity index (χ0v) is 9.17. The molecule has 0 saturated carbocycles. The minimum Gasteiger partial charge on any atom is -0.798 e. The molecular formula is C10H16NOS-. The number of hydrogen-bond donors (Lipinski definition) is 0. The highest BCUT2D eigenvalue weighted by molar-refractivity contribution is 8.27. The first-order valence-electron chi connectivity index (χ1n) is 4.35. The lowest BCUT2D eigenvalue weighted by atomic mass is 10.4. The van der Waals surface area contributed by atoms with E-state index >= 15 is 0 Å². The second-order valence-corrected chi connectivity index (χ2v) is 6.11. The maximum atomic E-state index is 12.4. The summed E-state index contributed by atoms with van der Waals surface area (Å²) in [6, 6.07) is 9.63. The van der Waals surface area contributed by atoms with Crippen molar-refractivity contribution in [2.45, 2.75) is 11.8 Å². The molecule has 0 fully saturated rings. The Morgan fingerprint density at radius 2 is 1.77 bits per heavy atom. The third-order valence-electron chi connectivity index (χ3n) is 2.09. The molecule has 2 nitrogen and oxygen atoms in total. The molecule has 0 aromatic heterocycles. The summed E-state index contributed by atoms with van der Waals surface area (Å²) in [5.74, 6) is 0.657. The Hall–Kier alpha value is -0.510. The normalized spacial score (nSPS) is 18.2. The van der Waals surface area contributed by atoms with Gasteiger partial charge in [-0.25, -0.2) is 10.5 Å². The van der Waals surface area contributed by atoms with E-state index < -0.39 is 10.5 Å². The fraction of sp³-hybridized carbons (Fsp3) is 0.400. The minimum absolute atomic E-state index is 0.657. The molecule has 0 radical (unpaired) electrons. The Kier molecular flexibility index (Phi) is 3.36. The third kappa shape index (κ3) is 2.05. The first-order chi connectivity index (χ1) is 6.11. The summed E-state index contributed by atoms with van der Waals surface area (Å²) in [7, 11) is 1.73. The van der Waals surface area contributed by atoms with E-state index in [1.807, 2.05) is 55.7 Å². The quantitative estimate of drug-likeness (QED) is 0.746. The van der Waals surface area contributed by atoms with Gasteiger partial charge in [-0.3, -0.25) is 4.31 Å². The van der Waals surface area contributed by atoms with Gasteiger partial charge in [0.1, 0.15) is 0 Å². The fourth-order valence-electron chi connectivity index (χ4n) is 1.27.